The second kappa shape index (κ2) is 14.4. The molecule has 65 heavy (non-hydrogen) atoms. The highest BCUT2D eigenvalue weighted by Crippen LogP contribution is 2.62. The molecule has 9 aromatic rings. The molecular weight excluding hydrogens is 783 g/mol. The van der Waals surface area contributed by atoms with Crippen molar-refractivity contribution in [3.8, 4) is 44.5 Å². The number of fused-ring (bicyclic) bond motifs is 11. The van der Waals surface area contributed by atoms with Crippen LogP contribution in [0.3, 0.4) is 0 Å². The van der Waals surface area contributed by atoms with E-state index in [1.54, 1.807) is 0 Å². The third-order valence-corrected chi connectivity index (χ3v) is 15.9. The molecule has 0 aromatic heterocycles. The van der Waals surface area contributed by atoms with E-state index in [1.807, 2.05) is 0 Å². The quantitative estimate of drug-likeness (QED) is 0.161. The average molecular weight is 834 g/mol. The molecule has 0 atom stereocenters. The highest BCUT2D eigenvalue weighted by Gasteiger charge is 2.48. The minimum Gasteiger partial charge on any atom is -0.309 e. The lowest BCUT2D eigenvalue weighted by molar-refractivity contribution is 0.353. The Balaban J connectivity index is 1.12. The van der Waals surface area contributed by atoms with E-state index in [1.165, 1.54) is 138 Å². The Morgan fingerprint density at radius 2 is 0.846 bits per heavy atom. The van der Waals surface area contributed by atoms with E-state index in [2.05, 4.69) is 231 Å². The lowest BCUT2D eigenvalue weighted by Gasteiger charge is -2.37. The molecule has 312 valence electrons. The van der Waals surface area contributed by atoms with Crippen molar-refractivity contribution in [1.82, 2.24) is 0 Å². The first-order valence-electron chi connectivity index (χ1n) is 23.7. The minimum absolute atomic E-state index is 0.0163. The predicted octanol–water partition coefficient (Wildman–Crippen LogP) is 16.7. The van der Waals surface area contributed by atoms with E-state index >= 15 is 0 Å². The van der Waals surface area contributed by atoms with Gasteiger partial charge in [-0.3, -0.25) is 0 Å². The molecule has 1 nitrogen and oxygen atoms in total. The molecule has 0 N–H and O–H groups in total. The topological polar surface area (TPSA) is 3.24 Å². The molecule has 0 saturated heterocycles. The van der Waals surface area contributed by atoms with Gasteiger partial charge in [0.15, 0.2) is 0 Å². The number of hydrogen-bond acceptors (Lipinski definition) is 1. The Hall–Kier alpha value is -7.22. The van der Waals surface area contributed by atoms with Gasteiger partial charge in [0, 0.05) is 27.6 Å². The van der Waals surface area contributed by atoms with Crippen LogP contribution in [0.1, 0.15) is 90.5 Å². The van der Waals surface area contributed by atoms with Crippen LogP contribution in [0.5, 0.6) is 0 Å². The van der Waals surface area contributed by atoms with Crippen LogP contribution in [0.25, 0.3) is 44.5 Å². The first-order valence-corrected chi connectivity index (χ1v) is 23.7. The van der Waals surface area contributed by atoms with Crippen molar-refractivity contribution in [2.45, 2.75) is 62.2 Å². The fourth-order valence-electron chi connectivity index (χ4n) is 13.3. The number of nitrogens with zero attached hydrogens (tertiary/aromatic N) is 1. The van der Waals surface area contributed by atoms with Crippen LogP contribution in [0, 0.1) is 0 Å². The van der Waals surface area contributed by atoms with Gasteiger partial charge in [-0.25, -0.2) is 0 Å². The molecule has 1 fully saturated rings. The molecule has 9 aromatic carbocycles. The zero-order valence-electron chi connectivity index (χ0n) is 37.2. The molecule has 0 heterocycles. The first-order chi connectivity index (χ1) is 32.0. The summed E-state index contributed by atoms with van der Waals surface area (Å²) in [6.45, 7) is 4.83. The van der Waals surface area contributed by atoms with E-state index < -0.39 is 5.41 Å². The van der Waals surface area contributed by atoms with E-state index in [0.29, 0.717) is 0 Å². The maximum atomic E-state index is 2.64. The maximum Gasteiger partial charge on any atom is 0.0714 e. The second-order valence-corrected chi connectivity index (χ2v) is 19.4. The molecule has 13 rings (SSSR count). The third kappa shape index (κ3) is 5.27. The zero-order chi connectivity index (χ0) is 43.3. The summed E-state index contributed by atoms with van der Waals surface area (Å²) >= 11 is 0. The fraction of sp³-hybridized carbons (Fsp3) is 0.156. The Bertz CT molecular complexity index is 3290. The van der Waals surface area contributed by atoms with Crippen molar-refractivity contribution in [3.05, 3.63) is 257 Å². The van der Waals surface area contributed by atoms with Gasteiger partial charge in [0.25, 0.3) is 0 Å². The molecule has 1 saturated carbocycles. The normalized spacial score (nSPS) is 16.2. The Labute approximate surface area is 383 Å². The summed E-state index contributed by atoms with van der Waals surface area (Å²) in [7, 11) is 0. The summed E-state index contributed by atoms with van der Waals surface area (Å²) in [5, 5.41) is 0. The van der Waals surface area contributed by atoms with Gasteiger partial charge in [-0.1, -0.05) is 221 Å². The Kier molecular flexibility index (Phi) is 8.47. The standard InChI is InChI=1S/C64H51N/c1-62(2)53-32-14-10-27-47(53)50-30-20-31-51(61(50)62)49-28-13-17-36-58(49)65(45-38-39-48-46-26-11-15-33-54(46)63(57(48)42-45)40-18-5-19-41-63)59-37-21-35-56-60(59)52-29-12-16-34-55(52)64(56,43-22-6-3-7-23-43)44-24-8-4-9-25-44/h3-4,6-17,20-39,42H,5,18-19,40-41H2,1-2H3. The summed E-state index contributed by atoms with van der Waals surface area (Å²) in [5.41, 5.74) is 24.5. The molecule has 0 radical (unpaired) electrons. The van der Waals surface area contributed by atoms with Crippen LogP contribution in [0.4, 0.5) is 17.1 Å². The summed E-state index contributed by atoms with van der Waals surface area (Å²) in [6.07, 6.45) is 6.19. The van der Waals surface area contributed by atoms with Crippen molar-refractivity contribution in [2.75, 3.05) is 4.90 Å². The SMILES string of the molecule is CC1(C)c2ccccc2-c2cccc(-c3ccccc3N(c3ccc4c(c3)C3(CCCCC3)c3ccccc3-4)c3cccc4c3-c3ccccc3C4(c3ccccc3)c3ccccc3)c21. The zero-order valence-corrected chi connectivity index (χ0v) is 37.2. The lowest BCUT2D eigenvalue weighted by atomic mass is 9.67. The number of para-hydroxylation sites is 1. The average Bonchev–Trinajstić information content (AvgIpc) is 3.91. The van der Waals surface area contributed by atoms with Crippen LogP contribution in [0.15, 0.2) is 212 Å². The van der Waals surface area contributed by atoms with Gasteiger partial charge in [-0.05, 0) is 115 Å². The van der Waals surface area contributed by atoms with E-state index in [-0.39, 0.29) is 10.8 Å². The molecule has 0 unspecified atom stereocenters. The van der Waals surface area contributed by atoms with Crippen LogP contribution in [-0.2, 0) is 16.2 Å². The van der Waals surface area contributed by atoms with Crippen molar-refractivity contribution in [1.29, 1.82) is 0 Å². The van der Waals surface area contributed by atoms with Crippen molar-refractivity contribution in [2.24, 2.45) is 0 Å². The molecule has 1 heteroatoms. The predicted molar refractivity (Wildman–Crippen MR) is 271 cm³/mol. The summed E-state index contributed by atoms with van der Waals surface area (Å²) in [6, 6.07) is 80.8. The molecule has 1 spiro atoms. The van der Waals surface area contributed by atoms with Crippen LogP contribution < -0.4 is 4.90 Å². The van der Waals surface area contributed by atoms with Gasteiger partial charge in [0.2, 0.25) is 0 Å². The lowest BCUT2D eigenvalue weighted by Crippen LogP contribution is -2.28. The summed E-state index contributed by atoms with van der Waals surface area (Å²) in [5.74, 6) is 0. The van der Waals surface area contributed by atoms with Gasteiger partial charge in [-0.2, -0.15) is 0 Å². The number of benzene rings is 9. The monoisotopic (exact) mass is 833 g/mol. The minimum atomic E-state index is -0.516. The summed E-state index contributed by atoms with van der Waals surface area (Å²) < 4.78 is 0. The number of rotatable bonds is 6. The van der Waals surface area contributed by atoms with Gasteiger partial charge >= 0.3 is 0 Å². The van der Waals surface area contributed by atoms with Crippen molar-refractivity contribution >= 4 is 17.1 Å². The molecule has 4 aliphatic carbocycles. The van der Waals surface area contributed by atoms with Gasteiger partial charge in [0.1, 0.15) is 0 Å². The van der Waals surface area contributed by atoms with Crippen LogP contribution >= 0.6 is 0 Å². The van der Waals surface area contributed by atoms with E-state index in [4.69, 9.17) is 0 Å². The van der Waals surface area contributed by atoms with Crippen LogP contribution in [0.2, 0.25) is 0 Å². The highest BCUT2D eigenvalue weighted by atomic mass is 15.1. The van der Waals surface area contributed by atoms with Crippen molar-refractivity contribution in [3.63, 3.8) is 0 Å². The third-order valence-electron chi connectivity index (χ3n) is 15.9. The highest BCUT2D eigenvalue weighted by molar-refractivity contribution is 6.01. The Morgan fingerprint density at radius 3 is 1.55 bits per heavy atom. The molecular formula is C64H51N. The van der Waals surface area contributed by atoms with Gasteiger partial charge in [0.05, 0.1) is 16.8 Å². The smallest absolute Gasteiger partial charge is 0.0714 e. The first kappa shape index (κ1) is 38.3. The fourth-order valence-corrected chi connectivity index (χ4v) is 13.3. The van der Waals surface area contributed by atoms with Crippen LogP contribution in [-0.4, -0.2) is 0 Å². The molecule has 0 amide bonds. The van der Waals surface area contributed by atoms with Crippen molar-refractivity contribution < 1.29 is 0 Å². The second-order valence-electron chi connectivity index (χ2n) is 19.4. The Morgan fingerprint density at radius 1 is 0.354 bits per heavy atom. The number of hydrogen-bond donors (Lipinski definition) is 0. The van der Waals surface area contributed by atoms with E-state index in [0.717, 1.165) is 0 Å². The maximum absolute atomic E-state index is 2.64. The van der Waals surface area contributed by atoms with Gasteiger partial charge in [-0.15, -0.1) is 0 Å². The number of anilines is 3. The van der Waals surface area contributed by atoms with E-state index in [9.17, 15) is 0 Å². The molecule has 0 aliphatic heterocycles. The molecule has 0 bridgehead atoms. The largest absolute Gasteiger partial charge is 0.309 e. The molecule has 4 aliphatic rings. The summed E-state index contributed by atoms with van der Waals surface area (Å²) in [4.78, 5) is 2.64. The van der Waals surface area contributed by atoms with Gasteiger partial charge < -0.3 is 4.90 Å².